The lowest BCUT2D eigenvalue weighted by Crippen LogP contribution is -2.56. The molecule has 1 saturated heterocycles. The second-order valence-electron chi connectivity index (χ2n) is 5.96. The minimum absolute atomic E-state index is 0.129. The van der Waals surface area contributed by atoms with Crippen molar-refractivity contribution in [2.24, 2.45) is 0 Å². The van der Waals surface area contributed by atoms with Gasteiger partial charge in [0.1, 0.15) is 11.7 Å². The van der Waals surface area contributed by atoms with Gasteiger partial charge in [0.25, 0.3) is 0 Å². The molecule has 3 rings (SSSR count). The van der Waals surface area contributed by atoms with Crippen LogP contribution in [-0.2, 0) is 16.1 Å². The first-order chi connectivity index (χ1) is 11.5. The average Bonchev–Trinajstić information content (AvgIpc) is 3.05. The van der Waals surface area contributed by atoms with Crippen molar-refractivity contribution in [2.75, 3.05) is 5.75 Å². The number of thioether (sulfide) groups is 1. The molecule has 0 aliphatic carbocycles. The molecule has 2 N–H and O–H groups in total. The van der Waals surface area contributed by atoms with E-state index in [2.05, 4.69) is 20.8 Å². The van der Waals surface area contributed by atoms with E-state index in [1.54, 1.807) is 12.3 Å². The molecule has 1 aliphatic rings. The van der Waals surface area contributed by atoms with Gasteiger partial charge < -0.3 is 15.2 Å². The van der Waals surface area contributed by atoms with Crippen molar-refractivity contribution in [3.8, 4) is 11.4 Å². The van der Waals surface area contributed by atoms with Crippen molar-refractivity contribution in [2.45, 2.75) is 31.2 Å². The molecule has 7 nitrogen and oxygen atoms in total. The monoisotopic (exact) mass is 346 g/mol. The minimum Gasteiger partial charge on any atom is -0.359 e. The molecule has 3 heterocycles. The molecular formula is C16H18N4O3S. The predicted octanol–water partition coefficient (Wildman–Crippen LogP) is 1.36. The van der Waals surface area contributed by atoms with Crippen LogP contribution in [0.2, 0.25) is 0 Å². The van der Waals surface area contributed by atoms with Crippen LogP contribution >= 0.6 is 11.8 Å². The molecule has 126 valence electrons. The van der Waals surface area contributed by atoms with Gasteiger partial charge in [0.2, 0.25) is 11.8 Å². The van der Waals surface area contributed by atoms with E-state index in [0.717, 1.165) is 0 Å². The number of nitrogens with zero attached hydrogens (tertiary/aromatic N) is 2. The topological polar surface area (TPSA) is 97.1 Å². The molecule has 0 bridgehead atoms. The number of carbonyl (C=O) groups excluding carboxylic acids is 2. The Balaban J connectivity index is 1.56. The summed E-state index contributed by atoms with van der Waals surface area (Å²) < 4.78 is 4.71. The number of aromatic nitrogens is 2. The Kier molecular flexibility index (Phi) is 4.57. The molecule has 2 aromatic heterocycles. The fraction of sp³-hybridized carbons (Fsp3) is 0.375. The second-order valence-corrected chi connectivity index (χ2v) is 7.60. The summed E-state index contributed by atoms with van der Waals surface area (Å²) >= 11 is 1.47. The normalized spacial score (nSPS) is 19.6. The summed E-state index contributed by atoms with van der Waals surface area (Å²) in [6.07, 6.45) is 1.68. The van der Waals surface area contributed by atoms with Crippen LogP contribution in [0.3, 0.4) is 0 Å². The van der Waals surface area contributed by atoms with Crippen molar-refractivity contribution < 1.29 is 14.1 Å². The highest BCUT2D eigenvalue weighted by Crippen LogP contribution is 2.29. The molecule has 2 amide bonds. The molecule has 1 fully saturated rings. The Hall–Kier alpha value is -2.35. The van der Waals surface area contributed by atoms with E-state index >= 15 is 0 Å². The lowest BCUT2D eigenvalue weighted by Gasteiger charge is -2.32. The molecule has 1 aliphatic heterocycles. The van der Waals surface area contributed by atoms with Gasteiger partial charge in [-0.1, -0.05) is 11.2 Å². The summed E-state index contributed by atoms with van der Waals surface area (Å²) in [5.74, 6) is 0.706. The van der Waals surface area contributed by atoms with Crippen molar-refractivity contribution in [3.05, 3.63) is 36.2 Å². The smallest absolute Gasteiger partial charge is 0.243 e. The zero-order valence-corrected chi connectivity index (χ0v) is 14.2. The highest BCUT2D eigenvalue weighted by Gasteiger charge is 2.37. The van der Waals surface area contributed by atoms with Gasteiger partial charge in [0.05, 0.1) is 17.0 Å². The molecule has 2 aromatic rings. The van der Waals surface area contributed by atoms with Crippen LogP contribution in [0.1, 0.15) is 19.6 Å². The van der Waals surface area contributed by atoms with Crippen molar-refractivity contribution >= 4 is 23.6 Å². The summed E-state index contributed by atoms with van der Waals surface area (Å²) in [6.45, 7) is 3.89. The first-order valence-corrected chi connectivity index (χ1v) is 8.54. The second kappa shape index (κ2) is 6.64. The van der Waals surface area contributed by atoms with Gasteiger partial charge >= 0.3 is 0 Å². The van der Waals surface area contributed by atoms with E-state index in [4.69, 9.17) is 4.52 Å². The zero-order chi connectivity index (χ0) is 17.2. The predicted molar refractivity (Wildman–Crippen MR) is 90.0 cm³/mol. The fourth-order valence-corrected chi connectivity index (χ4v) is 3.21. The highest BCUT2D eigenvalue weighted by molar-refractivity contribution is 8.01. The van der Waals surface area contributed by atoms with Crippen LogP contribution in [0.15, 0.2) is 35.0 Å². The number of hydrogen-bond donors (Lipinski definition) is 2. The number of amides is 2. The van der Waals surface area contributed by atoms with Crippen molar-refractivity contribution in [1.82, 2.24) is 20.8 Å². The Labute approximate surface area is 143 Å². The zero-order valence-electron chi connectivity index (χ0n) is 13.4. The molecule has 0 radical (unpaired) electrons. The molecule has 24 heavy (non-hydrogen) atoms. The van der Waals surface area contributed by atoms with E-state index in [1.807, 2.05) is 32.0 Å². The summed E-state index contributed by atoms with van der Waals surface area (Å²) in [7, 11) is 0. The van der Waals surface area contributed by atoms with E-state index in [0.29, 0.717) is 22.9 Å². The molecule has 8 heteroatoms. The fourth-order valence-electron chi connectivity index (χ4n) is 2.20. The standard InChI is InChI=1S/C16H18N4O3S/c1-16(2)15(22)19-13(9-24-16)14(21)18-8-10-7-12(20-23-10)11-5-3-4-6-17-11/h3-7,13H,8-9H2,1-2H3,(H,18,21)(H,19,22). The van der Waals surface area contributed by atoms with Gasteiger partial charge in [-0.3, -0.25) is 14.6 Å². The minimum atomic E-state index is -0.534. The van der Waals surface area contributed by atoms with Gasteiger partial charge in [0.15, 0.2) is 5.76 Å². The van der Waals surface area contributed by atoms with E-state index in [1.165, 1.54) is 11.8 Å². The maximum Gasteiger partial charge on any atom is 0.243 e. The summed E-state index contributed by atoms with van der Waals surface area (Å²) in [6, 6.07) is 6.72. The van der Waals surface area contributed by atoms with Crippen molar-refractivity contribution in [3.63, 3.8) is 0 Å². The molecule has 1 atom stereocenters. The van der Waals surface area contributed by atoms with Crippen LogP contribution < -0.4 is 10.6 Å². The Morgan fingerprint density at radius 2 is 2.29 bits per heavy atom. The van der Waals surface area contributed by atoms with Gasteiger partial charge in [-0.25, -0.2) is 0 Å². The quantitative estimate of drug-likeness (QED) is 0.868. The maximum absolute atomic E-state index is 12.2. The molecule has 0 spiro atoms. The van der Waals surface area contributed by atoms with Crippen LogP contribution in [-0.4, -0.2) is 38.5 Å². The number of hydrogen-bond acceptors (Lipinski definition) is 6. The summed E-state index contributed by atoms with van der Waals surface area (Å²) in [4.78, 5) is 28.3. The van der Waals surface area contributed by atoms with Gasteiger partial charge in [-0.2, -0.15) is 0 Å². The lowest BCUT2D eigenvalue weighted by molar-refractivity contribution is -0.129. The van der Waals surface area contributed by atoms with Gasteiger partial charge in [0, 0.05) is 18.0 Å². The van der Waals surface area contributed by atoms with Gasteiger partial charge in [-0.05, 0) is 26.0 Å². The van der Waals surface area contributed by atoms with Gasteiger partial charge in [-0.15, -0.1) is 11.8 Å². The molecular weight excluding hydrogens is 328 g/mol. The Morgan fingerprint density at radius 3 is 3.00 bits per heavy atom. The van der Waals surface area contributed by atoms with Crippen molar-refractivity contribution in [1.29, 1.82) is 0 Å². The van der Waals surface area contributed by atoms with E-state index in [-0.39, 0.29) is 18.4 Å². The molecule has 0 saturated carbocycles. The Morgan fingerprint density at radius 1 is 1.46 bits per heavy atom. The number of carbonyl (C=O) groups is 2. The molecule has 1 unspecified atom stereocenters. The summed E-state index contributed by atoms with van der Waals surface area (Å²) in [5.41, 5.74) is 1.32. The third kappa shape index (κ3) is 3.59. The number of pyridine rings is 1. The van der Waals surface area contributed by atoms with E-state index in [9.17, 15) is 9.59 Å². The van der Waals surface area contributed by atoms with E-state index < -0.39 is 10.8 Å². The van der Waals surface area contributed by atoms with Crippen LogP contribution in [0.25, 0.3) is 11.4 Å². The van der Waals surface area contributed by atoms with Crippen LogP contribution in [0.4, 0.5) is 0 Å². The lowest BCUT2D eigenvalue weighted by atomic mass is 10.1. The summed E-state index contributed by atoms with van der Waals surface area (Å²) in [5, 5.41) is 9.45. The van der Waals surface area contributed by atoms with Crippen LogP contribution in [0.5, 0.6) is 0 Å². The third-order valence-electron chi connectivity index (χ3n) is 3.70. The average molecular weight is 346 g/mol. The largest absolute Gasteiger partial charge is 0.359 e. The SMILES string of the molecule is CC1(C)SCC(C(=O)NCc2cc(-c3ccccn3)no2)NC1=O. The number of nitrogens with one attached hydrogen (secondary N) is 2. The van der Waals surface area contributed by atoms with Crippen LogP contribution in [0, 0.1) is 0 Å². The molecule has 0 aromatic carbocycles. The highest BCUT2D eigenvalue weighted by atomic mass is 32.2. The first-order valence-electron chi connectivity index (χ1n) is 7.55. The maximum atomic E-state index is 12.2. The first kappa shape index (κ1) is 16.5. The Bertz CT molecular complexity index is 745. The number of rotatable bonds is 4. The third-order valence-corrected chi connectivity index (χ3v) is 5.11.